The molecular formula is C24H23N3O3. The first kappa shape index (κ1) is 19.7. The van der Waals surface area contributed by atoms with E-state index < -0.39 is 6.09 Å². The van der Waals surface area contributed by atoms with Crippen LogP contribution < -0.4 is 16.6 Å². The van der Waals surface area contributed by atoms with Crippen molar-refractivity contribution in [3.05, 3.63) is 95.1 Å². The molecule has 0 bridgehead atoms. The van der Waals surface area contributed by atoms with Gasteiger partial charge in [-0.05, 0) is 33.4 Å². The van der Waals surface area contributed by atoms with Gasteiger partial charge in [-0.3, -0.25) is 10.2 Å². The van der Waals surface area contributed by atoms with Crippen molar-refractivity contribution < 1.29 is 14.3 Å². The summed E-state index contributed by atoms with van der Waals surface area (Å²) < 4.78 is 5.54. The maximum Gasteiger partial charge on any atom is 0.407 e. The zero-order valence-electron chi connectivity index (χ0n) is 16.4. The molecule has 0 saturated heterocycles. The van der Waals surface area contributed by atoms with Crippen molar-refractivity contribution in [2.75, 3.05) is 6.61 Å². The largest absolute Gasteiger partial charge is 0.449 e. The van der Waals surface area contributed by atoms with Gasteiger partial charge >= 0.3 is 6.09 Å². The lowest BCUT2D eigenvalue weighted by molar-refractivity contribution is -0.120. The maximum atomic E-state index is 12.2. The number of nitrogens with two attached hydrogens (primary N) is 1. The highest BCUT2D eigenvalue weighted by atomic mass is 16.5. The molecule has 0 aliphatic heterocycles. The number of alkyl carbamates (subject to hydrolysis) is 1. The zero-order valence-corrected chi connectivity index (χ0v) is 16.4. The number of fused-ring (bicyclic) bond motifs is 3. The molecule has 2 amide bonds. The number of rotatable bonds is 6. The Morgan fingerprint density at radius 3 is 2.00 bits per heavy atom. The van der Waals surface area contributed by atoms with Crippen molar-refractivity contribution in [3.63, 3.8) is 0 Å². The van der Waals surface area contributed by atoms with E-state index in [2.05, 4.69) is 35.0 Å². The highest BCUT2D eigenvalue weighted by Gasteiger charge is 2.28. The van der Waals surface area contributed by atoms with Crippen LogP contribution in [-0.2, 0) is 22.5 Å². The molecule has 0 fully saturated rings. The maximum absolute atomic E-state index is 12.2. The van der Waals surface area contributed by atoms with Crippen LogP contribution in [0.5, 0.6) is 0 Å². The second-order valence-electron chi connectivity index (χ2n) is 7.24. The number of hydrogen-bond donors (Lipinski definition) is 3. The lowest BCUT2D eigenvalue weighted by Gasteiger charge is -2.14. The van der Waals surface area contributed by atoms with Gasteiger partial charge in [0.1, 0.15) is 6.61 Å². The second kappa shape index (κ2) is 8.80. The van der Waals surface area contributed by atoms with Gasteiger partial charge in [0.15, 0.2) is 0 Å². The van der Waals surface area contributed by atoms with Gasteiger partial charge in [0, 0.05) is 12.5 Å². The van der Waals surface area contributed by atoms with E-state index in [1.54, 1.807) is 0 Å². The van der Waals surface area contributed by atoms with E-state index in [4.69, 9.17) is 10.6 Å². The van der Waals surface area contributed by atoms with Crippen LogP contribution in [0.3, 0.4) is 0 Å². The minimum absolute atomic E-state index is 0.0381. The number of carbonyl (C=O) groups excluding carboxylic acids is 2. The predicted molar refractivity (Wildman–Crippen MR) is 114 cm³/mol. The van der Waals surface area contributed by atoms with Gasteiger partial charge in [0.25, 0.3) is 0 Å². The SMILES string of the molecule is NNC(=O)Cc1ccc(CNC(=O)OCC2c3ccccc3-c3ccccc32)cc1. The molecule has 3 aromatic rings. The van der Waals surface area contributed by atoms with E-state index in [1.807, 2.05) is 48.5 Å². The fourth-order valence-corrected chi connectivity index (χ4v) is 3.84. The van der Waals surface area contributed by atoms with Crippen LogP contribution in [0.15, 0.2) is 72.8 Å². The van der Waals surface area contributed by atoms with Crippen molar-refractivity contribution in [2.24, 2.45) is 5.84 Å². The van der Waals surface area contributed by atoms with Gasteiger partial charge < -0.3 is 10.1 Å². The summed E-state index contributed by atoms with van der Waals surface area (Å²) in [6.45, 7) is 0.632. The third-order valence-corrected chi connectivity index (χ3v) is 5.33. The molecule has 30 heavy (non-hydrogen) atoms. The molecule has 4 rings (SSSR count). The van der Waals surface area contributed by atoms with E-state index >= 15 is 0 Å². The third kappa shape index (κ3) is 4.18. The van der Waals surface area contributed by atoms with E-state index in [0.29, 0.717) is 6.54 Å². The quantitative estimate of drug-likeness (QED) is 0.336. The van der Waals surface area contributed by atoms with Crippen LogP contribution in [0.1, 0.15) is 28.2 Å². The van der Waals surface area contributed by atoms with Crippen molar-refractivity contribution >= 4 is 12.0 Å². The minimum Gasteiger partial charge on any atom is -0.449 e. The molecule has 4 N–H and O–H groups in total. The normalized spacial score (nSPS) is 12.0. The lowest BCUT2D eigenvalue weighted by atomic mass is 9.98. The Morgan fingerprint density at radius 2 is 1.40 bits per heavy atom. The highest BCUT2D eigenvalue weighted by Crippen LogP contribution is 2.44. The Morgan fingerprint density at radius 1 is 0.833 bits per heavy atom. The molecule has 6 nitrogen and oxygen atoms in total. The molecule has 0 saturated carbocycles. The molecule has 0 atom stereocenters. The Balaban J connectivity index is 1.33. The number of nitrogens with one attached hydrogen (secondary N) is 2. The van der Waals surface area contributed by atoms with Crippen LogP contribution in [0.25, 0.3) is 11.1 Å². The van der Waals surface area contributed by atoms with Crippen LogP contribution in [0.4, 0.5) is 4.79 Å². The van der Waals surface area contributed by atoms with Crippen LogP contribution in [0, 0.1) is 0 Å². The van der Waals surface area contributed by atoms with Crippen LogP contribution >= 0.6 is 0 Å². The topological polar surface area (TPSA) is 93.5 Å². The number of hydrazine groups is 1. The van der Waals surface area contributed by atoms with E-state index in [-0.39, 0.29) is 24.9 Å². The number of amides is 2. The summed E-state index contributed by atoms with van der Waals surface area (Å²) in [5.74, 6) is 4.88. The van der Waals surface area contributed by atoms with Gasteiger partial charge in [-0.2, -0.15) is 0 Å². The summed E-state index contributed by atoms with van der Waals surface area (Å²) in [6, 6.07) is 23.9. The number of carbonyl (C=O) groups is 2. The summed E-state index contributed by atoms with van der Waals surface area (Å²) in [4.78, 5) is 23.6. The van der Waals surface area contributed by atoms with Crippen LogP contribution in [-0.4, -0.2) is 18.6 Å². The Labute approximate surface area is 175 Å². The molecule has 0 unspecified atom stereocenters. The van der Waals surface area contributed by atoms with Crippen molar-refractivity contribution in [1.29, 1.82) is 0 Å². The van der Waals surface area contributed by atoms with Gasteiger partial charge in [0.05, 0.1) is 6.42 Å². The molecule has 152 valence electrons. The smallest absolute Gasteiger partial charge is 0.407 e. The fourth-order valence-electron chi connectivity index (χ4n) is 3.84. The van der Waals surface area contributed by atoms with Crippen molar-refractivity contribution in [3.8, 4) is 11.1 Å². The Hall–Kier alpha value is -3.64. The van der Waals surface area contributed by atoms with Gasteiger partial charge in [-0.1, -0.05) is 72.8 Å². The Kier molecular flexibility index (Phi) is 5.77. The molecule has 6 heteroatoms. The molecule has 3 aromatic carbocycles. The summed E-state index contributed by atoms with van der Waals surface area (Å²) >= 11 is 0. The van der Waals surface area contributed by atoms with Crippen molar-refractivity contribution in [2.45, 2.75) is 18.9 Å². The second-order valence-corrected chi connectivity index (χ2v) is 7.24. The van der Waals surface area contributed by atoms with E-state index in [9.17, 15) is 9.59 Å². The molecular weight excluding hydrogens is 378 g/mol. The zero-order chi connectivity index (χ0) is 20.9. The molecule has 1 aliphatic rings. The van der Waals surface area contributed by atoms with Crippen LogP contribution in [0.2, 0.25) is 0 Å². The third-order valence-electron chi connectivity index (χ3n) is 5.33. The first-order valence-electron chi connectivity index (χ1n) is 9.82. The fraction of sp³-hybridized carbons (Fsp3) is 0.167. The van der Waals surface area contributed by atoms with Gasteiger partial charge in [0.2, 0.25) is 5.91 Å². The first-order chi connectivity index (χ1) is 14.7. The number of ether oxygens (including phenoxy) is 1. The average molecular weight is 401 g/mol. The molecule has 0 heterocycles. The molecule has 0 aromatic heterocycles. The Bertz CT molecular complexity index is 1020. The molecule has 0 spiro atoms. The van der Waals surface area contributed by atoms with E-state index in [1.165, 1.54) is 22.3 Å². The minimum atomic E-state index is -0.455. The predicted octanol–water partition coefficient (Wildman–Crippen LogP) is 3.26. The van der Waals surface area contributed by atoms with Crippen molar-refractivity contribution in [1.82, 2.24) is 10.7 Å². The molecule has 1 aliphatic carbocycles. The average Bonchev–Trinajstić information content (AvgIpc) is 3.11. The summed E-state index contributed by atoms with van der Waals surface area (Å²) in [7, 11) is 0. The monoisotopic (exact) mass is 401 g/mol. The van der Waals surface area contributed by atoms with Gasteiger partial charge in [-0.15, -0.1) is 0 Å². The summed E-state index contributed by atoms with van der Waals surface area (Å²) in [5, 5.41) is 2.78. The number of benzene rings is 3. The summed E-state index contributed by atoms with van der Waals surface area (Å²) in [5.41, 5.74) is 8.64. The summed E-state index contributed by atoms with van der Waals surface area (Å²) in [6.07, 6.45) is -0.236. The van der Waals surface area contributed by atoms with E-state index in [0.717, 1.165) is 11.1 Å². The first-order valence-corrected chi connectivity index (χ1v) is 9.82. The standard InChI is InChI=1S/C24H23N3O3/c25-27-23(28)13-16-9-11-17(12-10-16)14-26-24(29)30-15-22-20-7-3-1-5-18(20)19-6-2-4-8-21(19)22/h1-12,22H,13-15,25H2,(H,26,29)(H,27,28). The number of hydrogen-bond acceptors (Lipinski definition) is 4. The molecule has 0 radical (unpaired) electrons. The highest BCUT2D eigenvalue weighted by molar-refractivity contribution is 5.79. The van der Waals surface area contributed by atoms with Gasteiger partial charge in [-0.25, -0.2) is 10.6 Å². The lowest BCUT2D eigenvalue weighted by Crippen LogP contribution is -2.31.